The number of allylic oxidation sites excluding steroid dienone is 1. The number of nitrogens with zero attached hydrogens (tertiary/aromatic N) is 2. The van der Waals surface area contributed by atoms with Gasteiger partial charge in [0.15, 0.2) is 0 Å². The molecule has 0 saturated heterocycles. The molecular weight excluding hydrogens is 386 g/mol. The van der Waals surface area contributed by atoms with Gasteiger partial charge in [0.05, 0.1) is 6.54 Å². The van der Waals surface area contributed by atoms with Crippen LogP contribution in [0.4, 0.5) is 4.39 Å². The Kier molecular flexibility index (Phi) is 4.76. The molecule has 21 heavy (non-hydrogen) atoms. The fourth-order valence-electron chi connectivity index (χ4n) is 2.06. The van der Waals surface area contributed by atoms with Crippen LogP contribution in [0.5, 0.6) is 0 Å². The smallest absolute Gasteiger partial charge is 0.293 e. The minimum Gasteiger partial charge on any atom is -0.293 e. The van der Waals surface area contributed by atoms with Crippen LogP contribution in [-0.2, 0) is 13.1 Å². The summed E-state index contributed by atoms with van der Waals surface area (Å²) in [6.07, 6.45) is 1.48. The lowest BCUT2D eigenvalue weighted by Gasteiger charge is -2.14. The third-order valence-corrected chi connectivity index (χ3v) is 4.19. The second-order valence-corrected chi connectivity index (χ2v) is 5.75. The molecule has 0 radical (unpaired) electrons. The average Bonchev–Trinajstić information content (AvgIpc) is 2.42. The Labute approximate surface area is 134 Å². The molecule has 4 nitrogen and oxygen atoms in total. The van der Waals surface area contributed by atoms with Crippen molar-refractivity contribution in [2.75, 3.05) is 0 Å². The Bertz CT molecular complexity index is 788. The van der Waals surface area contributed by atoms with Crippen molar-refractivity contribution in [3.8, 4) is 0 Å². The fraction of sp³-hybridized carbons (Fsp3) is 0.200. The van der Waals surface area contributed by atoms with Gasteiger partial charge >= 0.3 is 5.69 Å². The van der Waals surface area contributed by atoms with Crippen LogP contribution in [0.15, 0.2) is 46.5 Å². The second kappa shape index (κ2) is 6.38. The van der Waals surface area contributed by atoms with Gasteiger partial charge in [-0.05, 0) is 41.6 Å². The van der Waals surface area contributed by atoms with Crippen LogP contribution in [0.1, 0.15) is 11.3 Å². The first-order chi connectivity index (χ1) is 9.95. The molecule has 0 amide bonds. The molecule has 0 fully saturated rings. The van der Waals surface area contributed by atoms with Gasteiger partial charge in [0, 0.05) is 27.4 Å². The molecule has 0 atom stereocenters. The molecule has 2 aromatic rings. The molecule has 1 aromatic carbocycles. The molecule has 6 heteroatoms. The number of hydrogen-bond donors (Lipinski definition) is 0. The monoisotopic (exact) mass is 400 g/mol. The molecule has 1 heterocycles. The van der Waals surface area contributed by atoms with Crippen LogP contribution in [0.2, 0.25) is 0 Å². The lowest BCUT2D eigenvalue weighted by molar-refractivity contribution is 0.565. The maximum absolute atomic E-state index is 13.9. The highest BCUT2D eigenvalue weighted by Crippen LogP contribution is 2.16. The van der Waals surface area contributed by atoms with Gasteiger partial charge in [0.1, 0.15) is 5.82 Å². The van der Waals surface area contributed by atoms with Crippen molar-refractivity contribution in [3.63, 3.8) is 0 Å². The Morgan fingerprint density at radius 2 is 2.05 bits per heavy atom. The van der Waals surface area contributed by atoms with Crippen LogP contribution < -0.4 is 11.2 Å². The molecule has 0 aliphatic rings. The minimum atomic E-state index is -0.459. The summed E-state index contributed by atoms with van der Waals surface area (Å²) in [5, 5.41) is 0. The van der Waals surface area contributed by atoms with E-state index in [0.717, 1.165) is 8.14 Å². The molecule has 0 bridgehead atoms. The largest absolute Gasteiger partial charge is 0.331 e. The van der Waals surface area contributed by atoms with Crippen LogP contribution >= 0.6 is 22.6 Å². The van der Waals surface area contributed by atoms with Crippen LogP contribution in [-0.4, -0.2) is 9.13 Å². The van der Waals surface area contributed by atoms with Crippen LogP contribution in [0, 0.1) is 16.3 Å². The van der Waals surface area contributed by atoms with Gasteiger partial charge in [-0.1, -0.05) is 12.1 Å². The Morgan fingerprint density at radius 1 is 1.33 bits per heavy atom. The molecule has 110 valence electrons. The first-order valence-corrected chi connectivity index (χ1v) is 7.38. The second-order valence-electron chi connectivity index (χ2n) is 4.59. The normalized spacial score (nSPS) is 10.6. The van der Waals surface area contributed by atoms with Gasteiger partial charge in [0.25, 0.3) is 5.56 Å². The van der Waals surface area contributed by atoms with Gasteiger partial charge < -0.3 is 0 Å². The van der Waals surface area contributed by atoms with Crippen LogP contribution in [0.3, 0.4) is 0 Å². The predicted octanol–water partition coefficient (Wildman–Crippen LogP) is 2.30. The molecule has 0 spiro atoms. The summed E-state index contributed by atoms with van der Waals surface area (Å²) in [7, 11) is 0. The number of halogens is 2. The summed E-state index contributed by atoms with van der Waals surface area (Å²) in [6.45, 7) is 5.42. The van der Waals surface area contributed by atoms with Crippen molar-refractivity contribution in [1.82, 2.24) is 9.13 Å². The fourth-order valence-corrected chi connectivity index (χ4v) is 2.69. The highest BCUT2D eigenvalue weighted by Gasteiger charge is 2.12. The maximum atomic E-state index is 13.9. The lowest BCUT2D eigenvalue weighted by Crippen LogP contribution is -2.40. The molecule has 0 aliphatic carbocycles. The number of benzene rings is 1. The van der Waals surface area contributed by atoms with Gasteiger partial charge in [-0.25, -0.2) is 9.18 Å². The predicted molar refractivity (Wildman–Crippen MR) is 88.1 cm³/mol. The van der Waals surface area contributed by atoms with Crippen molar-refractivity contribution >= 4 is 22.6 Å². The molecule has 0 unspecified atom stereocenters. The molecule has 0 saturated carbocycles. The third-order valence-electron chi connectivity index (χ3n) is 3.18. The van der Waals surface area contributed by atoms with Gasteiger partial charge in [-0.3, -0.25) is 13.9 Å². The standard InChI is InChI=1S/C15H14FIN2O2/c1-3-7-18-14(20)8-10(2)19(15(18)21)9-11-12(16)5-4-6-13(11)17/h3-6,8H,1,7,9H2,2H3. The van der Waals surface area contributed by atoms with Crippen molar-refractivity contribution in [1.29, 1.82) is 0 Å². The molecule has 0 N–H and O–H groups in total. The zero-order valence-corrected chi connectivity index (χ0v) is 13.6. The van der Waals surface area contributed by atoms with E-state index in [1.807, 2.05) is 22.6 Å². The Balaban J connectivity index is 2.60. The number of hydrogen-bond acceptors (Lipinski definition) is 2. The Hall–Kier alpha value is -1.70. The van der Waals surface area contributed by atoms with Gasteiger partial charge in [-0.15, -0.1) is 6.58 Å². The van der Waals surface area contributed by atoms with E-state index >= 15 is 0 Å². The summed E-state index contributed by atoms with van der Waals surface area (Å²) >= 11 is 2.03. The topological polar surface area (TPSA) is 44.0 Å². The van der Waals surface area contributed by atoms with Crippen LogP contribution in [0.25, 0.3) is 0 Å². The summed E-state index contributed by atoms with van der Waals surface area (Å²) in [6, 6.07) is 6.13. The highest BCUT2D eigenvalue weighted by molar-refractivity contribution is 14.1. The van der Waals surface area contributed by atoms with Crippen molar-refractivity contribution in [2.45, 2.75) is 20.0 Å². The lowest BCUT2D eigenvalue weighted by atomic mass is 10.2. The zero-order chi connectivity index (χ0) is 15.6. The first-order valence-electron chi connectivity index (χ1n) is 6.30. The average molecular weight is 400 g/mol. The van der Waals surface area contributed by atoms with Crippen molar-refractivity contribution in [2.24, 2.45) is 0 Å². The minimum absolute atomic E-state index is 0.0903. The van der Waals surface area contributed by atoms with Crippen molar-refractivity contribution < 1.29 is 4.39 Å². The maximum Gasteiger partial charge on any atom is 0.331 e. The van der Waals surface area contributed by atoms with E-state index in [4.69, 9.17) is 0 Å². The SMILES string of the molecule is C=CCn1c(=O)cc(C)n(Cc2c(F)cccc2I)c1=O. The summed E-state index contributed by atoms with van der Waals surface area (Å²) < 4.78 is 17.1. The van der Waals surface area contributed by atoms with Gasteiger partial charge in [0.2, 0.25) is 0 Å². The summed E-state index contributed by atoms with van der Waals surface area (Å²) in [5.74, 6) is -0.366. The van der Waals surface area contributed by atoms with E-state index in [1.54, 1.807) is 19.1 Å². The highest BCUT2D eigenvalue weighted by atomic mass is 127. The third kappa shape index (κ3) is 3.15. The first kappa shape index (κ1) is 15.7. The zero-order valence-electron chi connectivity index (χ0n) is 11.5. The molecular formula is C15H14FIN2O2. The van der Waals surface area contributed by atoms with E-state index in [-0.39, 0.29) is 24.5 Å². The molecule has 0 aliphatic heterocycles. The number of aromatic nitrogens is 2. The number of rotatable bonds is 4. The van der Waals surface area contributed by atoms with E-state index in [0.29, 0.717) is 11.3 Å². The molecule has 2 rings (SSSR count). The molecule has 1 aromatic heterocycles. The summed E-state index contributed by atoms with van der Waals surface area (Å²) in [5.41, 5.74) is 0.104. The van der Waals surface area contributed by atoms with E-state index < -0.39 is 5.69 Å². The Morgan fingerprint density at radius 3 is 2.67 bits per heavy atom. The quantitative estimate of drug-likeness (QED) is 0.584. The van der Waals surface area contributed by atoms with Gasteiger partial charge in [-0.2, -0.15) is 0 Å². The van der Waals surface area contributed by atoms with Crippen molar-refractivity contribution in [3.05, 3.63) is 78.4 Å². The van der Waals surface area contributed by atoms with E-state index in [9.17, 15) is 14.0 Å². The van der Waals surface area contributed by atoms with E-state index in [1.165, 1.54) is 22.8 Å². The summed E-state index contributed by atoms with van der Waals surface area (Å²) in [4.78, 5) is 24.2. The van der Waals surface area contributed by atoms with E-state index in [2.05, 4.69) is 6.58 Å². The number of aryl methyl sites for hydroxylation is 1.